The number of carboxylic acid groups (broad SMARTS) is 1. The highest BCUT2D eigenvalue weighted by molar-refractivity contribution is 8.00. The molecule has 12 N–H and O–H groups in total. The number of nitrogens with one attached hydrogen (secondary N) is 6. The predicted molar refractivity (Wildman–Crippen MR) is 340 cm³/mol. The van der Waals surface area contributed by atoms with E-state index in [0.29, 0.717) is 36.1 Å². The Morgan fingerprint density at radius 2 is 1.39 bits per heavy atom. The van der Waals surface area contributed by atoms with Gasteiger partial charge in [0.1, 0.15) is 48.3 Å². The number of aldehydes is 1. The standard InChI is InChI=1S/C65H81F3N10O15S/c1-5-6-16-53(65(92)78-32-44(82)30-54(78)62(89)71-41(33-80)29-57(84)85)76(2)64(91)55(27-37-12-8-7-9-13-37)77(3)63(90)52(26-39-23-46(66)58(68)47(67)24-39)73-56(83)36-94-35-42(34-93-4)72-60(87)50(21-22-79)74-61(88)51(25-38-17-19-43(81)20-18-38)75-59(86)48(69)28-40-31-70-49-15-11-10-14-45(40)49/h7-15,17-20,23-24,31,33,41-42,44,48,50-55,70,79,81-82H,5-6,16,21-22,25-30,32,34-36,69H2,1-4H3,(H,71,89)(H,72,87)(H,73,83)(H,74,88)(H,75,86)(H,84,85)/t41-,42+,44+,48-,50-,51-,52-,53-,54+,55-/m0/s1. The van der Waals surface area contributed by atoms with Gasteiger partial charge in [0.15, 0.2) is 17.5 Å². The number of aromatic hydroxyl groups is 1. The van der Waals surface area contributed by atoms with Crippen LogP contribution in [0.25, 0.3) is 10.9 Å². The molecule has 0 unspecified atom stereocenters. The summed E-state index contributed by atoms with van der Waals surface area (Å²) >= 11 is 0.938. The van der Waals surface area contributed by atoms with Crippen molar-refractivity contribution in [3.05, 3.63) is 137 Å². The van der Waals surface area contributed by atoms with Crippen molar-refractivity contribution in [2.24, 2.45) is 5.73 Å². The van der Waals surface area contributed by atoms with E-state index in [-0.39, 0.29) is 75.0 Å². The molecule has 0 spiro atoms. The molecule has 29 heteroatoms. The zero-order chi connectivity index (χ0) is 68.8. The number of hydrogen-bond donors (Lipinski definition) is 11. The second-order valence-corrected chi connectivity index (χ2v) is 24.1. The van der Waals surface area contributed by atoms with E-state index < -0.39 is 156 Å². The van der Waals surface area contributed by atoms with Gasteiger partial charge in [-0.2, -0.15) is 0 Å². The largest absolute Gasteiger partial charge is 0.508 e. The van der Waals surface area contributed by atoms with E-state index in [0.717, 1.165) is 42.9 Å². The molecule has 4 aromatic carbocycles. The normalized spacial score (nSPS) is 16.3. The summed E-state index contributed by atoms with van der Waals surface area (Å²) in [6, 6.07) is 10.9. The summed E-state index contributed by atoms with van der Waals surface area (Å²) in [5.41, 5.74) is 8.76. The highest BCUT2D eigenvalue weighted by Crippen LogP contribution is 2.26. The van der Waals surface area contributed by atoms with Gasteiger partial charge in [-0.1, -0.05) is 80.4 Å². The number of carbonyl (C=O) groups is 10. The van der Waals surface area contributed by atoms with Crippen LogP contribution in [0.4, 0.5) is 13.2 Å². The second kappa shape index (κ2) is 36.0. The van der Waals surface area contributed by atoms with Crippen LogP contribution >= 0.6 is 11.8 Å². The molecule has 2 heterocycles. The topological polar surface area (TPSA) is 373 Å². The van der Waals surface area contributed by atoms with Crippen LogP contribution in [0.1, 0.15) is 67.7 Å². The number of methoxy groups -OCH3 is 1. The number of aromatic nitrogens is 1. The van der Waals surface area contributed by atoms with Crippen LogP contribution in [0.15, 0.2) is 97.2 Å². The Labute approximate surface area is 545 Å². The predicted octanol–water partition coefficient (Wildman–Crippen LogP) is 1.55. The Hall–Kier alpha value is -8.90. The minimum atomic E-state index is -1.80. The fourth-order valence-corrected chi connectivity index (χ4v) is 11.8. The average molecular weight is 1330 g/mol. The number of benzene rings is 4. The van der Waals surface area contributed by atoms with Gasteiger partial charge in [-0.25, -0.2) is 13.2 Å². The Bertz CT molecular complexity index is 3420. The van der Waals surface area contributed by atoms with Crippen molar-refractivity contribution in [1.82, 2.24) is 46.3 Å². The van der Waals surface area contributed by atoms with Crippen molar-refractivity contribution in [3.63, 3.8) is 0 Å². The molecule has 1 aliphatic heterocycles. The monoisotopic (exact) mass is 1330 g/mol. The first kappa shape index (κ1) is 74.1. The van der Waals surface area contributed by atoms with Gasteiger partial charge in [0.25, 0.3) is 0 Å². The number of amides is 8. The van der Waals surface area contributed by atoms with Gasteiger partial charge in [0, 0.05) is 82.9 Å². The summed E-state index contributed by atoms with van der Waals surface area (Å²) in [5, 5.41) is 53.8. The van der Waals surface area contributed by atoms with Crippen LogP contribution in [0.3, 0.4) is 0 Å². The van der Waals surface area contributed by atoms with Gasteiger partial charge >= 0.3 is 5.97 Å². The number of nitrogens with two attached hydrogens (primary N) is 1. The van der Waals surface area contributed by atoms with Crippen molar-refractivity contribution in [2.75, 3.05) is 52.5 Å². The number of β-amino-alcohol motifs (C(OH)–C–C–N with tert-alkyl or cyclic N) is 1. The third kappa shape index (κ3) is 21.1. The molecule has 1 saturated heterocycles. The van der Waals surface area contributed by atoms with Crippen LogP contribution in [0, 0.1) is 17.5 Å². The number of nitrogens with zero attached hydrogens (tertiary/aromatic N) is 3. The van der Waals surface area contributed by atoms with Gasteiger partial charge in [-0.05, 0) is 71.8 Å². The minimum absolute atomic E-state index is 0.0196. The lowest BCUT2D eigenvalue weighted by Gasteiger charge is -2.37. The molecule has 1 aliphatic rings. The third-order valence-corrected chi connectivity index (χ3v) is 17.1. The first-order valence-electron chi connectivity index (χ1n) is 30.5. The van der Waals surface area contributed by atoms with Gasteiger partial charge in [0.05, 0.1) is 43.0 Å². The van der Waals surface area contributed by atoms with E-state index in [1.54, 1.807) is 48.7 Å². The summed E-state index contributed by atoms with van der Waals surface area (Å²) in [6.07, 6.45) is -0.551. The zero-order valence-electron chi connectivity index (χ0n) is 52.4. The molecular weight excluding hydrogens is 1250 g/mol. The van der Waals surface area contributed by atoms with Gasteiger partial charge in [-0.15, -0.1) is 11.8 Å². The SMILES string of the molecule is CCCC[C@@H](C(=O)N1C[C@H](O)C[C@@H]1C(=O)N[C@H](C=O)CC(=O)O)N(C)C(=O)[C@H](Cc1ccccc1)N(C)C(=O)[C@H](Cc1cc(F)c(F)c(F)c1)NC(=O)CSC[C@@H](COC)NC(=O)[C@H](CCO)NC(=O)[C@H](Cc1ccc(O)cc1)NC(=O)[C@@H](N)Cc1c[nH]c2ccccc12. The number of H-pyrrole nitrogens is 1. The summed E-state index contributed by atoms with van der Waals surface area (Å²) in [5.74, 6) is -13.6. The number of rotatable bonds is 36. The number of aromatic amines is 1. The third-order valence-electron chi connectivity index (χ3n) is 15.9. The number of halogens is 3. The molecule has 0 radical (unpaired) electrons. The smallest absolute Gasteiger partial charge is 0.305 e. The molecular formula is C65H81F3N10O15S. The van der Waals surface area contributed by atoms with E-state index in [2.05, 4.69) is 31.6 Å². The maximum Gasteiger partial charge on any atom is 0.305 e. The lowest BCUT2D eigenvalue weighted by Crippen LogP contribution is -2.59. The maximum absolute atomic E-state index is 15.1. The fourth-order valence-electron chi connectivity index (χ4n) is 11.0. The molecule has 8 amide bonds. The first-order valence-corrected chi connectivity index (χ1v) is 31.6. The number of aliphatic hydroxyl groups is 2. The number of hydrogen-bond acceptors (Lipinski definition) is 16. The van der Waals surface area contributed by atoms with Crippen molar-refractivity contribution >= 4 is 82.2 Å². The summed E-state index contributed by atoms with van der Waals surface area (Å²) < 4.78 is 49.3. The van der Waals surface area contributed by atoms with Crippen LogP contribution < -0.4 is 32.3 Å². The maximum atomic E-state index is 15.1. The van der Waals surface area contributed by atoms with Crippen molar-refractivity contribution in [2.45, 2.75) is 132 Å². The highest BCUT2D eigenvalue weighted by atomic mass is 32.2. The molecule has 25 nitrogen and oxygen atoms in total. The Morgan fingerprint density at radius 3 is 2.04 bits per heavy atom. The first-order chi connectivity index (χ1) is 44.9. The molecule has 1 fully saturated rings. The lowest BCUT2D eigenvalue weighted by atomic mass is 9.99. The van der Waals surface area contributed by atoms with E-state index in [1.165, 1.54) is 33.3 Å². The van der Waals surface area contributed by atoms with Crippen molar-refractivity contribution in [3.8, 4) is 5.75 Å². The molecule has 0 bridgehead atoms. The molecule has 1 aromatic heterocycles. The van der Waals surface area contributed by atoms with Crippen LogP contribution in [-0.4, -0.2) is 213 Å². The number of likely N-dealkylation sites (tertiary alicyclic amines) is 1. The van der Waals surface area contributed by atoms with Crippen molar-refractivity contribution in [1.29, 1.82) is 0 Å². The quantitative estimate of drug-likeness (QED) is 0.0200. The molecule has 5 aromatic rings. The van der Waals surface area contributed by atoms with E-state index in [9.17, 15) is 72.0 Å². The number of para-hydroxylation sites is 1. The zero-order valence-corrected chi connectivity index (χ0v) is 53.3. The number of fused-ring (bicyclic) bond motifs is 1. The second-order valence-electron chi connectivity index (χ2n) is 23.1. The number of phenolic OH excluding ortho intramolecular Hbond substituents is 1. The number of likely N-dealkylation sites (N-methyl/N-ethyl adjacent to an activating group) is 2. The van der Waals surface area contributed by atoms with E-state index >= 15 is 9.59 Å². The number of unbranched alkanes of at least 4 members (excludes halogenated alkanes) is 1. The fraction of sp³-hybridized carbons (Fsp3) is 0.446. The lowest BCUT2D eigenvalue weighted by molar-refractivity contribution is -0.152. The van der Waals surface area contributed by atoms with E-state index in [4.69, 9.17) is 10.5 Å². The van der Waals surface area contributed by atoms with Crippen LogP contribution in [0.2, 0.25) is 0 Å². The molecule has 6 rings (SSSR count). The number of aliphatic hydroxyl groups excluding tert-OH is 2. The van der Waals surface area contributed by atoms with Crippen LogP contribution in [-0.2, 0) is 78.4 Å². The van der Waals surface area contributed by atoms with Crippen LogP contribution in [0.5, 0.6) is 5.75 Å². The highest BCUT2D eigenvalue weighted by Gasteiger charge is 2.45. The Kier molecular flexibility index (Phi) is 28.4. The molecule has 508 valence electrons. The number of thioether (sulfide) groups is 1. The number of ether oxygens (including phenoxy) is 1. The number of carboxylic acids is 1. The molecule has 0 aliphatic carbocycles. The summed E-state index contributed by atoms with van der Waals surface area (Å²) in [6.45, 7) is 0.731. The van der Waals surface area contributed by atoms with Crippen molar-refractivity contribution < 1.29 is 86.3 Å². The summed E-state index contributed by atoms with van der Waals surface area (Å²) in [7, 11) is 3.88. The average Bonchev–Trinajstić information content (AvgIpc) is 1.45. The minimum Gasteiger partial charge on any atom is -0.508 e. The molecule has 0 saturated carbocycles. The molecule has 10 atom stereocenters. The Balaban J connectivity index is 1.18. The molecule has 94 heavy (non-hydrogen) atoms. The number of aliphatic carboxylic acids is 1. The van der Waals surface area contributed by atoms with E-state index in [1.807, 2.05) is 31.2 Å². The number of carbonyl (C=O) groups excluding carboxylic acids is 9. The van der Waals surface area contributed by atoms with Gasteiger partial charge in [-0.3, -0.25) is 43.2 Å². The Morgan fingerprint density at radius 1 is 0.766 bits per heavy atom. The van der Waals surface area contributed by atoms with Gasteiger partial charge < -0.3 is 82.0 Å². The number of phenols is 1. The van der Waals surface area contributed by atoms with Gasteiger partial charge in [0.2, 0.25) is 47.3 Å². The summed E-state index contributed by atoms with van der Waals surface area (Å²) in [4.78, 5) is 144.